The van der Waals surface area contributed by atoms with E-state index in [1.165, 1.54) is 0 Å². The Bertz CT molecular complexity index is 753. The number of rotatable bonds is 8. The lowest BCUT2D eigenvalue weighted by Gasteiger charge is -2.31. The van der Waals surface area contributed by atoms with Gasteiger partial charge in [0, 0.05) is 36.1 Å². The lowest BCUT2D eigenvalue weighted by Crippen LogP contribution is -2.43. The lowest BCUT2D eigenvalue weighted by atomic mass is 9.95. The van der Waals surface area contributed by atoms with Crippen molar-refractivity contribution in [2.75, 3.05) is 26.0 Å². The minimum absolute atomic E-state index is 0.0345. The minimum atomic E-state index is -0.0345. The standard InChI is InChI=1S/C21H26N2O4S/c1-26-17-4-6-19(7-5-17)28-14-10-20(24)23-11-8-16(9-12-23)21(25)22-15-18-3-2-13-27-18/h2-7,13,16H,8-12,14-15H2,1H3,(H,22,25). The van der Waals surface area contributed by atoms with E-state index in [0.29, 0.717) is 38.9 Å². The number of methoxy groups -OCH3 is 1. The average Bonchev–Trinajstić information content (AvgIpc) is 3.26. The lowest BCUT2D eigenvalue weighted by molar-refractivity contribution is -0.135. The quantitative estimate of drug-likeness (QED) is 0.686. The number of likely N-dealkylation sites (tertiary alicyclic amines) is 1. The predicted molar refractivity (Wildman–Crippen MR) is 108 cm³/mol. The summed E-state index contributed by atoms with van der Waals surface area (Å²) in [6, 6.07) is 11.5. The molecule has 0 bridgehead atoms. The van der Waals surface area contributed by atoms with E-state index in [9.17, 15) is 9.59 Å². The van der Waals surface area contributed by atoms with Crippen LogP contribution in [0.1, 0.15) is 25.0 Å². The molecule has 150 valence electrons. The Balaban J connectivity index is 1.34. The van der Waals surface area contributed by atoms with Gasteiger partial charge in [0.15, 0.2) is 0 Å². The van der Waals surface area contributed by atoms with Crippen molar-refractivity contribution in [1.82, 2.24) is 10.2 Å². The van der Waals surface area contributed by atoms with Crippen molar-refractivity contribution in [1.29, 1.82) is 0 Å². The molecule has 1 N–H and O–H groups in total. The average molecular weight is 403 g/mol. The van der Waals surface area contributed by atoms with Crippen molar-refractivity contribution in [3.05, 3.63) is 48.4 Å². The van der Waals surface area contributed by atoms with E-state index in [1.807, 2.05) is 35.2 Å². The molecule has 0 aliphatic carbocycles. The monoisotopic (exact) mass is 402 g/mol. The van der Waals surface area contributed by atoms with E-state index >= 15 is 0 Å². The number of furan rings is 1. The first-order valence-corrected chi connectivity index (χ1v) is 10.5. The van der Waals surface area contributed by atoms with E-state index in [-0.39, 0.29) is 17.7 Å². The number of benzene rings is 1. The van der Waals surface area contributed by atoms with Crippen LogP contribution in [0, 0.1) is 5.92 Å². The van der Waals surface area contributed by atoms with Gasteiger partial charge in [-0.2, -0.15) is 0 Å². The SMILES string of the molecule is COc1ccc(SCCC(=O)N2CCC(C(=O)NCc3ccco3)CC2)cc1. The van der Waals surface area contributed by atoms with Crippen LogP contribution in [0.4, 0.5) is 0 Å². The molecule has 0 spiro atoms. The molecule has 1 aromatic heterocycles. The maximum atomic E-state index is 12.4. The molecule has 2 heterocycles. The van der Waals surface area contributed by atoms with Crippen LogP contribution in [0.5, 0.6) is 5.75 Å². The molecule has 3 rings (SSSR count). The van der Waals surface area contributed by atoms with Crippen molar-refractivity contribution in [3.63, 3.8) is 0 Å². The van der Waals surface area contributed by atoms with Crippen LogP contribution in [0.15, 0.2) is 52.0 Å². The van der Waals surface area contributed by atoms with Crippen LogP contribution in [0.2, 0.25) is 0 Å². The maximum absolute atomic E-state index is 12.4. The van der Waals surface area contributed by atoms with Crippen LogP contribution in [0.25, 0.3) is 0 Å². The van der Waals surface area contributed by atoms with Gasteiger partial charge in [-0.25, -0.2) is 0 Å². The number of ether oxygens (including phenoxy) is 1. The van der Waals surface area contributed by atoms with Gasteiger partial charge in [-0.15, -0.1) is 11.8 Å². The number of carbonyl (C=O) groups excluding carboxylic acids is 2. The fraction of sp³-hybridized carbons (Fsp3) is 0.429. The van der Waals surface area contributed by atoms with Crippen molar-refractivity contribution < 1.29 is 18.7 Å². The fourth-order valence-corrected chi connectivity index (χ4v) is 4.05. The Labute approximate surface area is 169 Å². The summed E-state index contributed by atoms with van der Waals surface area (Å²) in [4.78, 5) is 27.7. The molecule has 0 atom stereocenters. The molecule has 28 heavy (non-hydrogen) atoms. The van der Waals surface area contributed by atoms with Crippen LogP contribution in [0.3, 0.4) is 0 Å². The van der Waals surface area contributed by atoms with Crippen molar-refractivity contribution >= 4 is 23.6 Å². The first-order valence-electron chi connectivity index (χ1n) is 9.50. The molecule has 1 saturated heterocycles. The van der Waals surface area contributed by atoms with E-state index in [4.69, 9.17) is 9.15 Å². The molecular weight excluding hydrogens is 376 g/mol. The molecule has 1 aromatic carbocycles. The molecule has 2 amide bonds. The zero-order valence-corrected chi connectivity index (χ0v) is 16.9. The summed E-state index contributed by atoms with van der Waals surface area (Å²) in [6.07, 6.45) is 3.52. The molecule has 0 saturated carbocycles. The Kier molecular flexibility index (Phi) is 7.42. The number of hydrogen-bond acceptors (Lipinski definition) is 5. The maximum Gasteiger partial charge on any atom is 0.223 e. The number of hydrogen-bond donors (Lipinski definition) is 1. The van der Waals surface area contributed by atoms with Gasteiger partial charge in [-0.05, 0) is 49.2 Å². The molecule has 1 fully saturated rings. The molecule has 1 aliphatic heterocycles. The highest BCUT2D eigenvalue weighted by atomic mass is 32.2. The first kappa shape index (κ1) is 20.3. The molecule has 7 heteroatoms. The van der Waals surface area contributed by atoms with Crippen molar-refractivity contribution in [2.24, 2.45) is 5.92 Å². The van der Waals surface area contributed by atoms with Gasteiger partial charge < -0.3 is 19.4 Å². The van der Waals surface area contributed by atoms with Crippen molar-refractivity contribution in [2.45, 2.75) is 30.7 Å². The van der Waals surface area contributed by atoms with E-state index in [1.54, 1.807) is 31.2 Å². The van der Waals surface area contributed by atoms with Gasteiger partial charge in [0.2, 0.25) is 11.8 Å². The molecule has 1 aliphatic rings. The smallest absolute Gasteiger partial charge is 0.223 e. The number of amides is 2. The summed E-state index contributed by atoms with van der Waals surface area (Å²) in [7, 11) is 1.65. The second-order valence-electron chi connectivity index (χ2n) is 6.73. The zero-order valence-electron chi connectivity index (χ0n) is 16.1. The molecule has 0 radical (unpaired) electrons. The van der Waals surface area contributed by atoms with Gasteiger partial charge in [-0.1, -0.05) is 0 Å². The summed E-state index contributed by atoms with van der Waals surface area (Å²) in [6.45, 7) is 1.70. The zero-order chi connectivity index (χ0) is 19.8. The van der Waals surface area contributed by atoms with Gasteiger partial charge in [-0.3, -0.25) is 9.59 Å². The summed E-state index contributed by atoms with van der Waals surface area (Å²) in [5.74, 6) is 2.49. The fourth-order valence-electron chi connectivity index (χ4n) is 3.21. The Morgan fingerprint density at radius 3 is 2.61 bits per heavy atom. The van der Waals surface area contributed by atoms with Crippen molar-refractivity contribution in [3.8, 4) is 5.75 Å². The molecular formula is C21H26N2O4S. The Hall–Kier alpha value is -2.41. The van der Waals surface area contributed by atoms with Gasteiger partial charge in [0.25, 0.3) is 0 Å². The molecule has 6 nitrogen and oxygen atoms in total. The number of thioether (sulfide) groups is 1. The largest absolute Gasteiger partial charge is 0.497 e. The third kappa shape index (κ3) is 5.79. The summed E-state index contributed by atoms with van der Waals surface area (Å²) in [5, 5.41) is 2.91. The third-order valence-electron chi connectivity index (χ3n) is 4.88. The topological polar surface area (TPSA) is 71.8 Å². The Morgan fingerprint density at radius 1 is 1.21 bits per heavy atom. The highest BCUT2D eigenvalue weighted by Crippen LogP contribution is 2.23. The summed E-state index contributed by atoms with van der Waals surface area (Å²) < 4.78 is 10.4. The van der Waals surface area contributed by atoms with Crippen LogP contribution in [-0.4, -0.2) is 42.7 Å². The number of carbonyl (C=O) groups is 2. The van der Waals surface area contributed by atoms with E-state index < -0.39 is 0 Å². The van der Waals surface area contributed by atoms with Crippen LogP contribution >= 0.6 is 11.8 Å². The number of nitrogens with one attached hydrogen (secondary N) is 1. The summed E-state index contributed by atoms with van der Waals surface area (Å²) >= 11 is 1.67. The van der Waals surface area contributed by atoms with Gasteiger partial charge in [0.1, 0.15) is 11.5 Å². The first-order chi connectivity index (χ1) is 13.7. The highest BCUT2D eigenvalue weighted by Gasteiger charge is 2.27. The Morgan fingerprint density at radius 2 is 1.96 bits per heavy atom. The second kappa shape index (κ2) is 10.2. The molecule has 2 aromatic rings. The highest BCUT2D eigenvalue weighted by molar-refractivity contribution is 7.99. The van der Waals surface area contributed by atoms with E-state index in [2.05, 4.69) is 5.32 Å². The van der Waals surface area contributed by atoms with Crippen LogP contribution < -0.4 is 10.1 Å². The number of piperidine rings is 1. The second-order valence-corrected chi connectivity index (χ2v) is 7.89. The summed E-state index contributed by atoms with van der Waals surface area (Å²) in [5.41, 5.74) is 0. The third-order valence-corrected chi connectivity index (χ3v) is 5.89. The van der Waals surface area contributed by atoms with Gasteiger partial charge >= 0.3 is 0 Å². The van der Waals surface area contributed by atoms with Crippen LogP contribution in [-0.2, 0) is 16.1 Å². The van der Waals surface area contributed by atoms with Gasteiger partial charge in [0.05, 0.1) is 19.9 Å². The minimum Gasteiger partial charge on any atom is -0.497 e. The predicted octanol–water partition coefficient (Wildman–Crippen LogP) is 3.33. The van der Waals surface area contributed by atoms with E-state index in [0.717, 1.165) is 22.2 Å². The normalized spacial score (nSPS) is 14.7. The molecule has 0 unspecified atom stereocenters. The number of nitrogens with zero attached hydrogens (tertiary/aromatic N) is 1.